The van der Waals surface area contributed by atoms with Crippen LogP contribution in [0.5, 0.6) is 11.5 Å². The molecule has 0 aromatic heterocycles. The van der Waals surface area contributed by atoms with Gasteiger partial charge in [0.25, 0.3) is 0 Å². The van der Waals surface area contributed by atoms with Gasteiger partial charge in [0.15, 0.2) is 11.5 Å². The van der Waals surface area contributed by atoms with E-state index in [1.807, 2.05) is 17.8 Å². The molecule has 1 aromatic rings. The normalized spacial score (nSPS) is 10.5. The number of hydrogen-bond acceptors (Lipinski definition) is 4. The van der Waals surface area contributed by atoms with Crippen LogP contribution in [-0.4, -0.2) is 32.3 Å². The summed E-state index contributed by atoms with van der Waals surface area (Å²) in [4.78, 5) is 0. The van der Waals surface area contributed by atoms with E-state index in [0.717, 1.165) is 41.2 Å². The Kier molecular flexibility index (Phi) is 8.34. The number of nitrogens with one attached hydrogen (secondary N) is 1. The molecule has 0 radical (unpaired) electrons. The average molecular weight is 348 g/mol. The van der Waals surface area contributed by atoms with E-state index >= 15 is 0 Å². The fourth-order valence-electron chi connectivity index (χ4n) is 1.66. The molecule has 0 saturated carbocycles. The van der Waals surface area contributed by atoms with Gasteiger partial charge in [0.1, 0.15) is 0 Å². The summed E-state index contributed by atoms with van der Waals surface area (Å²) in [6, 6.07) is 4.10. The first-order chi connectivity index (χ1) is 9.22. The molecule has 0 saturated heterocycles. The van der Waals surface area contributed by atoms with Gasteiger partial charge in [0.05, 0.1) is 18.2 Å². The van der Waals surface area contributed by atoms with Gasteiger partial charge in [-0.2, -0.15) is 11.8 Å². The van der Waals surface area contributed by atoms with Crippen LogP contribution in [0.4, 0.5) is 0 Å². The van der Waals surface area contributed by atoms with Crippen molar-refractivity contribution in [3.8, 4) is 11.5 Å². The third-order valence-corrected chi connectivity index (χ3v) is 3.89. The summed E-state index contributed by atoms with van der Waals surface area (Å²) in [6.07, 6.45) is 3.14. The van der Waals surface area contributed by atoms with Gasteiger partial charge >= 0.3 is 0 Å². The van der Waals surface area contributed by atoms with E-state index in [2.05, 4.69) is 40.5 Å². The molecule has 1 N–H and O–H groups in total. The molecule has 0 amide bonds. The first-order valence-electron chi connectivity index (χ1n) is 6.41. The molecule has 0 fully saturated rings. The number of methoxy groups -OCH3 is 1. The van der Waals surface area contributed by atoms with E-state index in [4.69, 9.17) is 9.47 Å². The number of thioether (sulfide) groups is 1. The van der Waals surface area contributed by atoms with E-state index < -0.39 is 0 Å². The van der Waals surface area contributed by atoms with Gasteiger partial charge in [-0.25, -0.2) is 0 Å². The van der Waals surface area contributed by atoms with Gasteiger partial charge in [-0.15, -0.1) is 0 Å². The van der Waals surface area contributed by atoms with Crippen molar-refractivity contribution < 1.29 is 9.47 Å². The molecule has 108 valence electrons. The summed E-state index contributed by atoms with van der Waals surface area (Å²) in [5.41, 5.74) is 1.18. The van der Waals surface area contributed by atoms with Gasteiger partial charge in [0, 0.05) is 6.54 Å². The molecular weight excluding hydrogens is 326 g/mol. The van der Waals surface area contributed by atoms with Crippen molar-refractivity contribution in [2.75, 3.05) is 32.3 Å². The maximum Gasteiger partial charge on any atom is 0.175 e. The largest absolute Gasteiger partial charge is 0.493 e. The monoisotopic (exact) mass is 347 g/mol. The van der Waals surface area contributed by atoms with Crippen molar-refractivity contribution >= 4 is 27.7 Å². The molecule has 0 spiro atoms. The van der Waals surface area contributed by atoms with Crippen molar-refractivity contribution in [1.29, 1.82) is 0 Å². The standard InChI is InChI=1S/C14H22BrNO2S/c1-4-16-10-11-8-12(15)14(13(9-11)17-2)18-6-5-7-19-3/h8-9,16H,4-7,10H2,1-3H3. The van der Waals surface area contributed by atoms with E-state index in [1.165, 1.54) is 5.56 Å². The highest BCUT2D eigenvalue weighted by atomic mass is 79.9. The smallest absolute Gasteiger partial charge is 0.175 e. The Hall–Kier alpha value is -0.390. The minimum atomic E-state index is 0.711. The third kappa shape index (κ3) is 5.63. The zero-order valence-corrected chi connectivity index (χ0v) is 14.2. The molecule has 19 heavy (non-hydrogen) atoms. The van der Waals surface area contributed by atoms with Gasteiger partial charge in [0.2, 0.25) is 0 Å². The Morgan fingerprint density at radius 1 is 1.37 bits per heavy atom. The summed E-state index contributed by atoms with van der Waals surface area (Å²) in [7, 11) is 1.67. The Bertz CT molecular complexity index is 388. The van der Waals surface area contributed by atoms with Crippen LogP contribution >= 0.6 is 27.7 Å². The number of halogens is 1. The highest BCUT2D eigenvalue weighted by Crippen LogP contribution is 2.36. The predicted octanol–water partition coefficient (Wildman–Crippen LogP) is 3.70. The van der Waals surface area contributed by atoms with E-state index in [0.29, 0.717) is 6.61 Å². The molecule has 0 heterocycles. The predicted molar refractivity (Wildman–Crippen MR) is 86.6 cm³/mol. The summed E-state index contributed by atoms with van der Waals surface area (Å²) >= 11 is 5.39. The lowest BCUT2D eigenvalue weighted by Gasteiger charge is -2.14. The highest BCUT2D eigenvalue weighted by Gasteiger charge is 2.11. The first kappa shape index (κ1) is 16.7. The van der Waals surface area contributed by atoms with Crippen molar-refractivity contribution in [3.05, 3.63) is 22.2 Å². The van der Waals surface area contributed by atoms with Crippen LogP contribution < -0.4 is 14.8 Å². The zero-order valence-electron chi connectivity index (χ0n) is 11.8. The molecule has 3 nitrogen and oxygen atoms in total. The molecule has 0 aliphatic heterocycles. The SMILES string of the molecule is CCNCc1cc(Br)c(OCCCSC)c(OC)c1. The maximum absolute atomic E-state index is 5.81. The molecule has 0 unspecified atom stereocenters. The minimum Gasteiger partial charge on any atom is -0.493 e. The Balaban J connectivity index is 2.73. The van der Waals surface area contributed by atoms with Crippen LogP contribution in [0.3, 0.4) is 0 Å². The van der Waals surface area contributed by atoms with Crippen molar-refractivity contribution in [3.63, 3.8) is 0 Å². The molecule has 0 aliphatic carbocycles. The quantitative estimate of drug-likeness (QED) is 0.690. The van der Waals surface area contributed by atoms with Gasteiger partial charge in [-0.1, -0.05) is 6.92 Å². The molecular formula is C14H22BrNO2S. The molecule has 5 heteroatoms. The maximum atomic E-state index is 5.81. The van der Waals surface area contributed by atoms with Gasteiger partial charge < -0.3 is 14.8 Å². The van der Waals surface area contributed by atoms with E-state index in [-0.39, 0.29) is 0 Å². The fourth-order valence-corrected chi connectivity index (χ4v) is 2.67. The summed E-state index contributed by atoms with van der Waals surface area (Å²) in [5, 5.41) is 3.30. The summed E-state index contributed by atoms with van der Waals surface area (Å²) < 4.78 is 12.2. The van der Waals surface area contributed by atoms with E-state index in [9.17, 15) is 0 Å². The van der Waals surface area contributed by atoms with Crippen LogP contribution in [0.25, 0.3) is 0 Å². The van der Waals surface area contributed by atoms with Crippen molar-refractivity contribution in [2.45, 2.75) is 19.9 Å². The lowest BCUT2D eigenvalue weighted by molar-refractivity contribution is 0.293. The average Bonchev–Trinajstić information content (AvgIpc) is 2.42. The molecule has 1 aromatic carbocycles. The molecule has 1 rings (SSSR count). The van der Waals surface area contributed by atoms with Crippen LogP contribution in [0.1, 0.15) is 18.9 Å². The Labute approximate surface area is 128 Å². The second kappa shape index (κ2) is 9.50. The Morgan fingerprint density at radius 3 is 2.79 bits per heavy atom. The summed E-state index contributed by atoms with van der Waals surface area (Å²) in [5.74, 6) is 2.69. The Morgan fingerprint density at radius 2 is 2.16 bits per heavy atom. The van der Waals surface area contributed by atoms with Crippen molar-refractivity contribution in [2.24, 2.45) is 0 Å². The van der Waals surface area contributed by atoms with Crippen LogP contribution in [-0.2, 0) is 6.54 Å². The topological polar surface area (TPSA) is 30.5 Å². The highest BCUT2D eigenvalue weighted by molar-refractivity contribution is 9.10. The molecule has 0 atom stereocenters. The third-order valence-electron chi connectivity index (χ3n) is 2.61. The van der Waals surface area contributed by atoms with E-state index in [1.54, 1.807) is 7.11 Å². The second-order valence-electron chi connectivity index (χ2n) is 4.08. The number of rotatable bonds is 9. The minimum absolute atomic E-state index is 0.711. The summed E-state index contributed by atoms with van der Waals surface area (Å²) in [6.45, 7) is 4.59. The van der Waals surface area contributed by atoms with Crippen LogP contribution in [0.15, 0.2) is 16.6 Å². The van der Waals surface area contributed by atoms with Gasteiger partial charge in [-0.3, -0.25) is 0 Å². The number of ether oxygens (including phenoxy) is 2. The lowest BCUT2D eigenvalue weighted by atomic mass is 10.2. The van der Waals surface area contributed by atoms with Crippen LogP contribution in [0, 0.1) is 0 Å². The van der Waals surface area contributed by atoms with Crippen molar-refractivity contribution in [1.82, 2.24) is 5.32 Å². The second-order valence-corrected chi connectivity index (χ2v) is 5.92. The van der Waals surface area contributed by atoms with Crippen LogP contribution in [0.2, 0.25) is 0 Å². The molecule has 0 bridgehead atoms. The number of hydrogen-bond donors (Lipinski definition) is 1. The molecule has 0 aliphatic rings. The van der Waals surface area contributed by atoms with Gasteiger partial charge in [-0.05, 0) is 58.6 Å². The first-order valence-corrected chi connectivity index (χ1v) is 8.60. The fraction of sp³-hybridized carbons (Fsp3) is 0.571. The zero-order chi connectivity index (χ0) is 14.1. The number of benzene rings is 1. The lowest BCUT2D eigenvalue weighted by Crippen LogP contribution is -2.12.